The highest BCUT2D eigenvalue weighted by molar-refractivity contribution is 9.09. The standard InChI is InChI=1S/C21H33BrO4/c1-4-24-20(23)21(2,3)14-8-11-17-26-19-13-7-6-12-18(19)25-16-10-5-9-15-22/h6-7,12-13H,4-5,8-11,14-17H2,1-3H3. The Morgan fingerprint density at radius 1 is 0.962 bits per heavy atom. The summed E-state index contributed by atoms with van der Waals surface area (Å²) in [6, 6.07) is 7.81. The second-order valence-electron chi connectivity index (χ2n) is 6.95. The van der Waals surface area contributed by atoms with Crippen LogP contribution < -0.4 is 9.47 Å². The minimum Gasteiger partial charge on any atom is -0.490 e. The molecule has 0 saturated carbocycles. The Balaban J connectivity index is 2.31. The first-order chi connectivity index (χ1) is 12.5. The van der Waals surface area contributed by atoms with Crippen LogP contribution in [0.3, 0.4) is 0 Å². The van der Waals surface area contributed by atoms with Crippen LogP contribution in [0.25, 0.3) is 0 Å². The van der Waals surface area contributed by atoms with Crippen molar-refractivity contribution in [3.05, 3.63) is 24.3 Å². The summed E-state index contributed by atoms with van der Waals surface area (Å²) >= 11 is 3.44. The van der Waals surface area contributed by atoms with Gasteiger partial charge in [0, 0.05) is 5.33 Å². The van der Waals surface area contributed by atoms with Gasteiger partial charge < -0.3 is 14.2 Å². The fourth-order valence-corrected chi connectivity index (χ4v) is 2.92. The van der Waals surface area contributed by atoms with E-state index in [1.165, 1.54) is 6.42 Å². The SMILES string of the molecule is CCOC(=O)C(C)(C)CCCCOc1ccccc1OCCCCCBr. The van der Waals surface area contributed by atoms with Gasteiger partial charge in [0.2, 0.25) is 0 Å². The molecule has 1 aromatic carbocycles. The average Bonchev–Trinajstić information content (AvgIpc) is 2.62. The first-order valence-corrected chi connectivity index (χ1v) is 10.7. The van der Waals surface area contributed by atoms with Crippen LogP contribution in [0.5, 0.6) is 11.5 Å². The number of alkyl halides is 1. The van der Waals surface area contributed by atoms with E-state index in [4.69, 9.17) is 14.2 Å². The number of rotatable bonds is 14. The van der Waals surface area contributed by atoms with Gasteiger partial charge in [0.05, 0.1) is 25.2 Å². The van der Waals surface area contributed by atoms with Crippen molar-refractivity contribution < 1.29 is 19.0 Å². The molecule has 1 aromatic rings. The van der Waals surface area contributed by atoms with E-state index < -0.39 is 5.41 Å². The Kier molecular flexibility index (Phi) is 11.4. The van der Waals surface area contributed by atoms with E-state index in [0.29, 0.717) is 19.8 Å². The molecule has 0 unspecified atom stereocenters. The molecule has 4 nitrogen and oxygen atoms in total. The molecule has 0 radical (unpaired) electrons. The number of hydrogen-bond donors (Lipinski definition) is 0. The van der Waals surface area contributed by atoms with E-state index in [9.17, 15) is 4.79 Å². The van der Waals surface area contributed by atoms with Crippen molar-refractivity contribution in [2.24, 2.45) is 5.41 Å². The molecule has 0 aromatic heterocycles. The van der Waals surface area contributed by atoms with Crippen molar-refractivity contribution in [3.63, 3.8) is 0 Å². The molecule has 0 N–H and O–H groups in total. The molecule has 5 heteroatoms. The molecule has 148 valence electrons. The van der Waals surface area contributed by atoms with E-state index in [1.54, 1.807) is 0 Å². The zero-order valence-electron chi connectivity index (χ0n) is 16.4. The van der Waals surface area contributed by atoms with E-state index in [2.05, 4.69) is 15.9 Å². The Labute approximate surface area is 166 Å². The summed E-state index contributed by atoms with van der Waals surface area (Å²) in [4.78, 5) is 11.9. The number of halogens is 1. The normalized spacial score (nSPS) is 11.2. The molecule has 1 rings (SSSR count). The molecule has 0 aliphatic heterocycles. The van der Waals surface area contributed by atoms with Crippen molar-refractivity contribution in [2.75, 3.05) is 25.2 Å². The minimum atomic E-state index is -0.438. The van der Waals surface area contributed by atoms with Crippen LogP contribution in [0.15, 0.2) is 24.3 Å². The third-order valence-electron chi connectivity index (χ3n) is 4.17. The van der Waals surface area contributed by atoms with E-state index in [-0.39, 0.29) is 5.97 Å². The number of ether oxygens (including phenoxy) is 3. The number of carbonyl (C=O) groups is 1. The van der Waals surface area contributed by atoms with Crippen LogP contribution in [-0.4, -0.2) is 31.1 Å². The Morgan fingerprint density at radius 3 is 2.08 bits per heavy atom. The smallest absolute Gasteiger partial charge is 0.311 e. The number of unbranched alkanes of at least 4 members (excludes halogenated alkanes) is 3. The number of esters is 1. The van der Waals surface area contributed by atoms with Crippen molar-refractivity contribution in [1.29, 1.82) is 0 Å². The van der Waals surface area contributed by atoms with E-state index in [1.807, 2.05) is 45.0 Å². The molecule has 0 aliphatic rings. The van der Waals surface area contributed by atoms with Crippen molar-refractivity contribution in [3.8, 4) is 11.5 Å². The summed E-state index contributed by atoms with van der Waals surface area (Å²) in [5.74, 6) is 1.47. The van der Waals surface area contributed by atoms with Crippen molar-refractivity contribution >= 4 is 21.9 Å². The van der Waals surface area contributed by atoms with Gasteiger partial charge in [-0.25, -0.2) is 0 Å². The largest absolute Gasteiger partial charge is 0.490 e. The molecular formula is C21H33BrO4. The summed E-state index contributed by atoms with van der Waals surface area (Å²) in [7, 11) is 0. The van der Waals surface area contributed by atoms with Crippen LogP contribution in [-0.2, 0) is 9.53 Å². The molecular weight excluding hydrogens is 396 g/mol. The van der Waals surface area contributed by atoms with Crippen molar-refractivity contribution in [1.82, 2.24) is 0 Å². The van der Waals surface area contributed by atoms with Gasteiger partial charge in [0.25, 0.3) is 0 Å². The maximum absolute atomic E-state index is 11.9. The number of benzene rings is 1. The van der Waals surface area contributed by atoms with Crippen LogP contribution in [0.2, 0.25) is 0 Å². The fraction of sp³-hybridized carbons (Fsp3) is 0.667. The van der Waals surface area contributed by atoms with Gasteiger partial charge in [-0.15, -0.1) is 0 Å². The second kappa shape index (κ2) is 13.0. The Hall–Kier alpha value is -1.23. The average molecular weight is 429 g/mol. The van der Waals surface area contributed by atoms with E-state index in [0.717, 1.165) is 48.9 Å². The highest BCUT2D eigenvalue weighted by Gasteiger charge is 2.28. The molecule has 0 heterocycles. The summed E-state index contributed by atoms with van der Waals surface area (Å²) in [5, 5.41) is 1.04. The van der Waals surface area contributed by atoms with Gasteiger partial charge in [-0.2, -0.15) is 0 Å². The van der Waals surface area contributed by atoms with Gasteiger partial charge in [-0.05, 0) is 71.4 Å². The third-order valence-corrected chi connectivity index (χ3v) is 4.73. The van der Waals surface area contributed by atoms with Crippen LogP contribution in [0, 0.1) is 5.41 Å². The zero-order chi connectivity index (χ0) is 19.3. The first-order valence-electron chi connectivity index (χ1n) is 9.59. The highest BCUT2D eigenvalue weighted by Crippen LogP contribution is 2.28. The molecule has 0 fully saturated rings. The monoisotopic (exact) mass is 428 g/mol. The predicted molar refractivity (Wildman–Crippen MR) is 109 cm³/mol. The summed E-state index contributed by atoms with van der Waals surface area (Å²) < 4.78 is 16.9. The Morgan fingerprint density at radius 2 is 1.54 bits per heavy atom. The lowest BCUT2D eigenvalue weighted by molar-refractivity contribution is -0.153. The maximum Gasteiger partial charge on any atom is 0.311 e. The van der Waals surface area contributed by atoms with Gasteiger partial charge in [-0.3, -0.25) is 4.79 Å². The highest BCUT2D eigenvalue weighted by atomic mass is 79.9. The van der Waals surface area contributed by atoms with E-state index >= 15 is 0 Å². The molecule has 0 bridgehead atoms. The fourth-order valence-electron chi connectivity index (χ4n) is 2.52. The van der Waals surface area contributed by atoms with Gasteiger partial charge in [-0.1, -0.05) is 28.1 Å². The molecule has 0 aliphatic carbocycles. The summed E-state index contributed by atoms with van der Waals surface area (Å²) in [6.07, 6.45) is 5.97. The molecule has 0 saturated heterocycles. The van der Waals surface area contributed by atoms with Crippen LogP contribution >= 0.6 is 15.9 Å². The summed E-state index contributed by atoms with van der Waals surface area (Å²) in [5.41, 5.74) is -0.438. The first kappa shape index (κ1) is 22.8. The quantitative estimate of drug-likeness (QED) is 0.214. The topological polar surface area (TPSA) is 44.8 Å². The summed E-state index contributed by atoms with van der Waals surface area (Å²) in [6.45, 7) is 7.46. The predicted octanol–water partition coefficient (Wildman–Crippen LogP) is 5.77. The van der Waals surface area contributed by atoms with Gasteiger partial charge >= 0.3 is 5.97 Å². The molecule has 0 amide bonds. The number of para-hydroxylation sites is 2. The zero-order valence-corrected chi connectivity index (χ0v) is 18.0. The molecule has 0 atom stereocenters. The second-order valence-corrected chi connectivity index (χ2v) is 7.75. The van der Waals surface area contributed by atoms with Gasteiger partial charge in [0.15, 0.2) is 11.5 Å². The Bertz CT molecular complexity index is 516. The van der Waals surface area contributed by atoms with Crippen molar-refractivity contribution in [2.45, 2.75) is 59.3 Å². The lowest BCUT2D eigenvalue weighted by Crippen LogP contribution is -2.26. The lowest BCUT2D eigenvalue weighted by Gasteiger charge is -2.22. The minimum absolute atomic E-state index is 0.125. The number of hydrogen-bond acceptors (Lipinski definition) is 4. The van der Waals surface area contributed by atoms with Crippen LogP contribution in [0.4, 0.5) is 0 Å². The van der Waals surface area contributed by atoms with Gasteiger partial charge in [0.1, 0.15) is 0 Å². The lowest BCUT2D eigenvalue weighted by atomic mass is 9.87. The molecule has 0 spiro atoms. The molecule has 26 heavy (non-hydrogen) atoms. The number of carbonyl (C=O) groups excluding carboxylic acids is 1. The van der Waals surface area contributed by atoms with Crippen LogP contribution in [0.1, 0.15) is 59.3 Å². The third kappa shape index (κ3) is 8.93. The maximum atomic E-state index is 11.9.